The molecular weight excluding hydrogens is 172 g/mol. The van der Waals surface area contributed by atoms with E-state index in [0.29, 0.717) is 5.06 Å². The maximum Gasteiger partial charge on any atom is 0.278 e. The fourth-order valence-corrected chi connectivity index (χ4v) is 0.805. The summed E-state index contributed by atoms with van der Waals surface area (Å²) >= 11 is 0. The molecule has 0 saturated heterocycles. The highest BCUT2D eigenvalue weighted by molar-refractivity contribution is 5.93. The third-order valence-corrected chi connectivity index (χ3v) is 1.53. The van der Waals surface area contributed by atoms with Gasteiger partial charge in [-0.2, -0.15) is 0 Å². The number of aromatic hydroxyl groups is 1. The minimum atomic E-state index is -0.532. The Balaban J connectivity index is 2.83. The van der Waals surface area contributed by atoms with Crippen LogP contribution in [0.5, 0.6) is 5.88 Å². The van der Waals surface area contributed by atoms with Gasteiger partial charge >= 0.3 is 0 Å². The molecule has 2 N–H and O–H groups in total. The van der Waals surface area contributed by atoms with Crippen molar-refractivity contribution in [1.82, 2.24) is 10.0 Å². The number of hydrogen-bond donors (Lipinski definition) is 2. The predicted molar refractivity (Wildman–Crippen MR) is 44.4 cm³/mol. The zero-order valence-electron chi connectivity index (χ0n) is 7.14. The normalized spacial score (nSPS) is 9.69. The Kier molecular flexibility index (Phi) is 2.81. The average molecular weight is 182 g/mol. The lowest BCUT2D eigenvalue weighted by Crippen LogP contribution is -2.26. The first-order valence-electron chi connectivity index (χ1n) is 3.81. The van der Waals surface area contributed by atoms with Crippen LogP contribution in [0.25, 0.3) is 0 Å². The van der Waals surface area contributed by atoms with Crippen molar-refractivity contribution in [3.05, 3.63) is 23.9 Å². The first-order valence-corrected chi connectivity index (χ1v) is 3.81. The zero-order chi connectivity index (χ0) is 9.84. The maximum atomic E-state index is 11.2. The molecule has 1 rings (SSSR count). The van der Waals surface area contributed by atoms with Crippen LogP contribution < -0.4 is 0 Å². The van der Waals surface area contributed by atoms with Crippen LogP contribution in [0.4, 0.5) is 0 Å². The second-order valence-corrected chi connectivity index (χ2v) is 2.43. The second kappa shape index (κ2) is 3.86. The van der Waals surface area contributed by atoms with Crippen molar-refractivity contribution in [3.8, 4) is 5.88 Å². The summed E-state index contributed by atoms with van der Waals surface area (Å²) in [6, 6.07) is 2.68. The molecule has 1 amide bonds. The van der Waals surface area contributed by atoms with E-state index < -0.39 is 5.91 Å². The number of hydrogen-bond acceptors (Lipinski definition) is 4. The molecule has 1 aromatic heterocycles. The van der Waals surface area contributed by atoms with Gasteiger partial charge in [-0.1, -0.05) is 0 Å². The Morgan fingerprint density at radius 1 is 1.62 bits per heavy atom. The van der Waals surface area contributed by atoms with Gasteiger partial charge in [0.2, 0.25) is 5.88 Å². The Morgan fingerprint density at radius 2 is 2.31 bits per heavy atom. The first-order chi connectivity index (χ1) is 6.15. The van der Waals surface area contributed by atoms with Crippen molar-refractivity contribution in [2.24, 2.45) is 0 Å². The monoisotopic (exact) mass is 182 g/mol. The van der Waals surface area contributed by atoms with Crippen molar-refractivity contribution >= 4 is 5.91 Å². The molecule has 0 fully saturated rings. The van der Waals surface area contributed by atoms with Crippen LogP contribution in [0.2, 0.25) is 0 Å². The van der Waals surface area contributed by atoms with Crippen molar-refractivity contribution in [2.75, 3.05) is 6.54 Å². The summed E-state index contributed by atoms with van der Waals surface area (Å²) in [7, 11) is 0. The number of pyridine rings is 1. The summed E-state index contributed by atoms with van der Waals surface area (Å²) in [6.45, 7) is 1.85. The van der Waals surface area contributed by atoms with E-state index in [-0.39, 0.29) is 18.0 Å². The van der Waals surface area contributed by atoms with Gasteiger partial charge in [0.1, 0.15) is 0 Å². The molecule has 0 atom stereocenters. The number of hydroxylamine groups is 2. The molecule has 0 aliphatic heterocycles. The molecule has 70 valence electrons. The molecule has 0 saturated carbocycles. The minimum absolute atomic E-state index is 0.155. The number of rotatable bonds is 2. The van der Waals surface area contributed by atoms with Crippen LogP contribution in [0.15, 0.2) is 18.3 Å². The highest BCUT2D eigenvalue weighted by Crippen LogP contribution is 2.06. The first kappa shape index (κ1) is 9.47. The summed E-state index contributed by atoms with van der Waals surface area (Å²) in [4.78, 5) is 14.8. The van der Waals surface area contributed by atoms with Crippen molar-refractivity contribution in [3.63, 3.8) is 0 Å². The molecular formula is C8H10N2O3. The van der Waals surface area contributed by atoms with Crippen LogP contribution in [0.3, 0.4) is 0 Å². The van der Waals surface area contributed by atoms with Gasteiger partial charge < -0.3 is 5.11 Å². The highest BCUT2D eigenvalue weighted by Gasteiger charge is 2.11. The highest BCUT2D eigenvalue weighted by atomic mass is 16.5. The molecule has 1 aromatic rings. The summed E-state index contributed by atoms with van der Waals surface area (Å²) in [5.74, 6) is -0.687. The topological polar surface area (TPSA) is 73.7 Å². The number of nitrogens with zero attached hydrogens (tertiary/aromatic N) is 2. The van der Waals surface area contributed by atoms with Crippen LogP contribution in [-0.2, 0) is 0 Å². The Labute approximate surface area is 75.2 Å². The molecule has 0 aromatic carbocycles. The largest absolute Gasteiger partial charge is 0.493 e. The van der Waals surface area contributed by atoms with E-state index in [1.807, 2.05) is 0 Å². The van der Waals surface area contributed by atoms with Crippen molar-refractivity contribution in [1.29, 1.82) is 0 Å². The van der Waals surface area contributed by atoms with E-state index >= 15 is 0 Å². The fraction of sp³-hybridized carbons (Fsp3) is 0.250. The SMILES string of the molecule is CCN(O)C(=O)c1ccc(O)nc1. The maximum absolute atomic E-state index is 11.2. The third kappa shape index (κ3) is 2.16. The number of carbonyl (C=O) groups excluding carboxylic acids is 1. The lowest BCUT2D eigenvalue weighted by atomic mass is 10.2. The van der Waals surface area contributed by atoms with Crippen molar-refractivity contribution < 1.29 is 15.1 Å². The molecule has 5 nitrogen and oxygen atoms in total. The van der Waals surface area contributed by atoms with Crippen LogP contribution in [0, 0.1) is 0 Å². The lowest BCUT2D eigenvalue weighted by Gasteiger charge is -2.11. The van der Waals surface area contributed by atoms with Gasteiger partial charge in [0.25, 0.3) is 5.91 Å². The van der Waals surface area contributed by atoms with E-state index in [1.165, 1.54) is 18.3 Å². The molecule has 0 aliphatic carbocycles. The summed E-state index contributed by atoms with van der Waals surface area (Å²) < 4.78 is 0. The zero-order valence-corrected chi connectivity index (χ0v) is 7.14. The van der Waals surface area contributed by atoms with Crippen molar-refractivity contribution in [2.45, 2.75) is 6.92 Å². The van der Waals surface area contributed by atoms with Crippen LogP contribution >= 0.6 is 0 Å². The number of aromatic nitrogens is 1. The fourth-order valence-electron chi connectivity index (χ4n) is 0.805. The Bertz CT molecular complexity index is 297. The van der Waals surface area contributed by atoms with Gasteiger partial charge in [0.05, 0.1) is 5.56 Å². The van der Waals surface area contributed by atoms with Gasteiger partial charge in [-0.05, 0) is 13.0 Å². The molecule has 0 spiro atoms. The standard InChI is InChI=1S/C8H10N2O3/c1-2-10(13)8(12)6-3-4-7(11)9-5-6/h3-5,13H,2H2,1H3,(H,9,11). The molecule has 13 heavy (non-hydrogen) atoms. The predicted octanol–water partition coefficient (Wildman–Crippen LogP) is 0.638. The van der Waals surface area contributed by atoms with E-state index in [4.69, 9.17) is 10.3 Å². The van der Waals surface area contributed by atoms with E-state index in [9.17, 15) is 4.79 Å². The third-order valence-electron chi connectivity index (χ3n) is 1.53. The van der Waals surface area contributed by atoms with Crippen LogP contribution in [0.1, 0.15) is 17.3 Å². The number of carbonyl (C=O) groups is 1. The average Bonchev–Trinajstić information content (AvgIpc) is 2.17. The second-order valence-electron chi connectivity index (χ2n) is 2.43. The van der Waals surface area contributed by atoms with E-state index in [2.05, 4.69) is 4.98 Å². The van der Waals surface area contributed by atoms with E-state index in [1.54, 1.807) is 6.92 Å². The quantitative estimate of drug-likeness (QED) is 0.520. The minimum Gasteiger partial charge on any atom is -0.493 e. The van der Waals surface area contributed by atoms with Crippen LogP contribution in [-0.4, -0.2) is 32.8 Å². The molecule has 0 radical (unpaired) electrons. The Morgan fingerprint density at radius 3 is 2.77 bits per heavy atom. The molecule has 1 heterocycles. The lowest BCUT2D eigenvalue weighted by molar-refractivity contribution is -0.0542. The summed E-state index contributed by atoms with van der Waals surface area (Å²) in [6.07, 6.45) is 1.20. The molecule has 0 unspecified atom stereocenters. The van der Waals surface area contributed by atoms with Gasteiger partial charge in [-0.15, -0.1) is 0 Å². The molecule has 0 bridgehead atoms. The molecule has 0 aliphatic rings. The Hall–Kier alpha value is -1.62. The number of amides is 1. The van der Waals surface area contributed by atoms with Gasteiger partial charge in [0, 0.05) is 18.8 Å². The smallest absolute Gasteiger partial charge is 0.278 e. The van der Waals surface area contributed by atoms with Gasteiger partial charge in [-0.3, -0.25) is 10.0 Å². The van der Waals surface area contributed by atoms with Gasteiger partial charge in [0.15, 0.2) is 0 Å². The summed E-state index contributed by atoms with van der Waals surface area (Å²) in [5, 5.41) is 18.5. The van der Waals surface area contributed by atoms with E-state index in [0.717, 1.165) is 0 Å². The summed E-state index contributed by atoms with van der Waals surface area (Å²) in [5.41, 5.74) is 0.238. The molecule has 5 heteroatoms. The van der Waals surface area contributed by atoms with Gasteiger partial charge in [-0.25, -0.2) is 10.0 Å².